The van der Waals surface area contributed by atoms with Crippen molar-refractivity contribution in [3.05, 3.63) is 75.2 Å². The summed E-state index contributed by atoms with van der Waals surface area (Å²) in [5.74, 6) is -0.474. The minimum atomic E-state index is -0.938. The first-order valence-corrected chi connectivity index (χ1v) is 9.34. The van der Waals surface area contributed by atoms with Crippen LogP contribution in [0.15, 0.2) is 53.0 Å². The summed E-state index contributed by atoms with van der Waals surface area (Å²) < 4.78 is 7.26. The summed E-state index contributed by atoms with van der Waals surface area (Å²) >= 11 is 0. The molecule has 2 heterocycles. The van der Waals surface area contributed by atoms with Gasteiger partial charge < -0.3 is 10.5 Å². The van der Waals surface area contributed by atoms with Crippen LogP contribution < -0.4 is 16.0 Å². The van der Waals surface area contributed by atoms with Crippen LogP contribution >= 0.6 is 0 Å². The molecule has 1 amide bonds. The number of nitrogens with zero attached hydrogens (tertiary/aromatic N) is 3. The van der Waals surface area contributed by atoms with E-state index >= 15 is 0 Å². The lowest BCUT2D eigenvalue weighted by atomic mass is 9.87. The number of benzene rings is 1. The van der Waals surface area contributed by atoms with E-state index in [1.165, 1.54) is 4.40 Å². The molecule has 0 fully saturated rings. The Balaban J connectivity index is 2.20. The van der Waals surface area contributed by atoms with Gasteiger partial charge in [0, 0.05) is 6.20 Å². The van der Waals surface area contributed by atoms with Gasteiger partial charge in [0.05, 0.1) is 0 Å². The first-order valence-electron chi connectivity index (χ1n) is 9.34. The normalized spacial score (nSPS) is 11.9. The molecule has 0 saturated carbocycles. The Morgan fingerprint density at radius 3 is 2.47 bits per heavy atom. The summed E-state index contributed by atoms with van der Waals surface area (Å²) in [5.41, 5.74) is 6.66. The van der Waals surface area contributed by atoms with Crippen molar-refractivity contribution >= 4 is 17.6 Å². The smallest absolute Gasteiger partial charge is 0.269 e. The van der Waals surface area contributed by atoms with Gasteiger partial charge >= 0.3 is 0 Å². The van der Waals surface area contributed by atoms with Crippen molar-refractivity contribution in [2.45, 2.75) is 33.1 Å². The van der Waals surface area contributed by atoms with Gasteiger partial charge in [-0.1, -0.05) is 39.0 Å². The molecule has 0 saturated heterocycles. The number of hydrogen-bond acceptors (Lipinski definition) is 5. The number of amides is 1. The maximum Gasteiger partial charge on any atom is 0.269 e. The number of pyridine rings is 1. The van der Waals surface area contributed by atoms with Crippen molar-refractivity contribution in [3.63, 3.8) is 0 Å². The molecule has 7 nitrogen and oxygen atoms in total. The first-order chi connectivity index (χ1) is 14.1. The fraction of sp³-hybridized carbons (Fsp3) is 0.217. The third-order valence-electron chi connectivity index (χ3n) is 4.66. The molecular weight excluding hydrogens is 380 g/mol. The van der Waals surface area contributed by atoms with Crippen molar-refractivity contribution in [2.24, 2.45) is 5.73 Å². The van der Waals surface area contributed by atoms with Crippen LogP contribution in [0.5, 0.6) is 11.6 Å². The summed E-state index contributed by atoms with van der Waals surface area (Å²) in [5, 5.41) is 9.20. The average Bonchev–Trinajstić information content (AvgIpc) is 2.68. The summed E-state index contributed by atoms with van der Waals surface area (Å²) in [6.07, 6.45) is 2.68. The van der Waals surface area contributed by atoms with E-state index < -0.39 is 11.5 Å². The van der Waals surface area contributed by atoms with Gasteiger partial charge in [0.1, 0.15) is 28.6 Å². The van der Waals surface area contributed by atoms with Crippen LogP contribution in [0.4, 0.5) is 0 Å². The predicted molar refractivity (Wildman–Crippen MR) is 114 cm³/mol. The molecule has 1 aromatic carbocycles. The molecular formula is C23H22N4O3. The van der Waals surface area contributed by atoms with Crippen molar-refractivity contribution in [2.75, 3.05) is 0 Å². The van der Waals surface area contributed by atoms with E-state index in [1.54, 1.807) is 30.5 Å². The van der Waals surface area contributed by atoms with Crippen molar-refractivity contribution in [1.82, 2.24) is 9.38 Å². The largest absolute Gasteiger partial charge is 0.438 e. The Bertz CT molecular complexity index is 1260. The van der Waals surface area contributed by atoms with Crippen LogP contribution in [-0.2, 0) is 10.2 Å². The van der Waals surface area contributed by atoms with Crippen LogP contribution in [0.1, 0.15) is 37.5 Å². The van der Waals surface area contributed by atoms with Gasteiger partial charge in [0.25, 0.3) is 11.5 Å². The Hall–Kier alpha value is -3.92. The zero-order valence-corrected chi connectivity index (χ0v) is 17.3. The first kappa shape index (κ1) is 20.8. The highest BCUT2D eigenvalue weighted by Crippen LogP contribution is 2.28. The van der Waals surface area contributed by atoms with Crippen molar-refractivity contribution in [1.29, 1.82) is 5.26 Å². The lowest BCUT2D eigenvalue weighted by molar-refractivity contribution is -0.114. The summed E-state index contributed by atoms with van der Waals surface area (Å²) in [4.78, 5) is 29.1. The average molecular weight is 402 g/mol. The van der Waals surface area contributed by atoms with Crippen LogP contribution in [-0.4, -0.2) is 15.3 Å². The number of primary amides is 1. The lowest BCUT2D eigenvalue weighted by Gasteiger charge is -2.19. The van der Waals surface area contributed by atoms with Crippen molar-refractivity contribution < 1.29 is 9.53 Å². The van der Waals surface area contributed by atoms with Gasteiger partial charge in [-0.3, -0.25) is 14.0 Å². The van der Waals surface area contributed by atoms with Gasteiger partial charge in [-0.25, -0.2) is 0 Å². The Morgan fingerprint density at radius 2 is 1.90 bits per heavy atom. The van der Waals surface area contributed by atoms with E-state index in [-0.39, 0.29) is 22.4 Å². The predicted octanol–water partition coefficient (Wildman–Crippen LogP) is 3.49. The van der Waals surface area contributed by atoms with E-state index in [2.05, 4.69) is 25.8 Å². The number of carbonyl (C=O) groups is 1. The fourth-order valence-corrected chi connectivity index (χ4v) is 2.93. The lowest BCUT2D eigenvalue weighted by Crippen LogP contribution is -2.20. The number of ether oxygens (including phenoxy) is 1. The molecule has 0 aliphatic carbocycles. The second kappa shape index (κ2) is 7.84. The van der Waals surface area contributed by atoms with Crippen LogP contribution in [0.2, 0.25) is 0 Å². The highest BCUT2D eigenvalue weighted by atomic mass is 16.5. The van der Waals surface area contributed by atoms with Gasteiger partial charge in [0.15, 0.2) is 0 Å². The summed E-state index contributed by atoms with van der Waals surface area (Å²) in [7, 11) is 0. The quantitative estimate of drug-likeness (QED) is 0.530. The minimum absolute atomic E-state index is 0.00758. The number of hydrogen-bond donors (Lipinski definition) is 1. The molecule has 0 aliphatic heterocycles. The monoisotopic (exact) mass is 402 g/mol. The Labute approximate surface area is 174 Å². The highest BCUT2D eigenvalue weighted by Gasteiger charge is 2.18. The summed E-state index contributed by atoms with van der Waals surface area (Å²) in [6.45, 7) is 8.14. The van der Waals surface area contributed by atoms with Gasteiger partial charge in [-0.05, 0) is 47.7 Å². The number of nitrogens with two attached hydrogens (primary N) is 1. The molecule has 0 bridgehead atoms. The SMILES string of the molecule is Cc1cccn2c(=O)c(C=C(C#N)C(N)=O)c(Oc3ccc(C(C)(C)C)cc3)nc12. The topological polar surface area (TPSA) is 110 Å². The fourth-order valence-electron chi connectivity index (χ4n) is 2.93. The number of aromatic nitrogens is 2. The number of nitriles is 1. The Morgan fingerprint density at radius 1 is 1.23 bits per heavy atom. The molecule has 3 rings (SSSR count). The molecule has 0 spiro atoms. The third-order valence-corrected chi connectivity index (χ3v) is 4.66. The maximum atomic E-state index is 13.1. The number of aryl methyl sites for hydroxylation is 1. The molecule has 2 aromatic heterocycles. The second-order valence-electron chi connectivity index (χ2n) is 7.93. The molecule has 0 unspecified atom stereocenters. The maximum absolute atomic E-state index is 13.1. The molecule has 7 heteroatoms. The third kappa shape index (κ3) is 4.08. The van der Waals surface area contributed by atoms with Crippen molar-refractivity contribution in [3.8, 4) is 17.7 Å². The number of rotatable bonds is 4. The molecule has 152 valence electrons. The van der Waals surface area contributed by atoms with Gasteiger partial charge in [-0.2, -0.15) is 10.2 Å². The number of carbonyl (C=O) groups excluding carboxylic acids is 1. The second-order valence-corrected chi connectivity index (χ2v) is 7.93. The molecule has 0 radical (unpaired) electrons. The van der Waals surface area contributed by atoms with Crippen LogP contribution in [0.25, 0.3) is 11.7 Å². The molecule has 30 heavy (non-hydrogen) atoms. The van der Waals surface area contributed by atoms with E-state index in [1.807, 2.05) is 25.1 Å². The van der Waals surface area contributed by atoms with E-state index in [0.29, 0.717) is 11.4 Å². The highest BCUT2D eigenvalue weighted by molar-refractivity contribution is 6.00. The van der Waals surface area contributed by atoms with Gasteiger partial charge in [-0.15, -0.1) is 0 Å². The molecule has 0 aliphatic rings. The number of fused-ring (bicyclic) bond motifs is 1. The zero-order chi connectivity index (χ0) is 22.1. The minimum Gasteiger partial charge on any atom is -0.438 e. The Kier molecular flexibility index (Phi) is 5.43. The molecule has 0 atom stereocenters. The van der Waals surface area contributed by atoms with Crippen LogP contribution in [0, 0.1) is 18.3 Å². The zero-order valence-electron chi connectivity index (χ0n) is 17.3. The molecule has 2 N–H and O–H groups in total. The standard InChI is InChI=1S/C23H22N4O3/c1-14-6-5-11-27-20(14)26-21(18(22(27)29)12-15(13-24)19(25)28)30-17-9-7-16(8-10-17)23(2,3)4/h5-12H,1-4H3,(H2,25,28). The van der Waals surface area contributed by atoms with E-state index in [0.717, 1.165) is 17.2 Å². The van der Waals surface area contributed by atoms with Gasteiger partial charge in [0.2, 0.25) is 5.88 Å². The summed E-state index contributed by atoms with van der Waals surface area (Å²) in [6, 6.07) is 12.7. The van der Waals surface area contributed by atoms with Crippen LogP contribution in [0.3, 0.4) is 0 Å². The molecule has 3 aromatic rings. The van der Waals surface area contributed by atoms with E-state index in [4.69, 9.17) is 10.5 Å². The van der Waals surface area contributed by atoms with E-state index in [9.17, 15) is 14.9 Å².